The number of rotatable bonds is 0. The van der Waals surface area contributed by atoms with Crippen LogP contribution >= 0.6 is 0 Å². The van der Waals surface area contributed by atoms with E-state index in [0.29, 0.717) is 17.6 Å². The van der Waals surface area contributed by atoms with Crippen molar-refractivity contribution in [3.8, 4) is 0 Å². The summed E-state index contributed by atoms with van der Waals surface area (Å²) in [5.41, 5.74) is 0. The molecule has 0 aromatic rings. The van der Waals surface area contributed by atoms with Gasteiger partial charge >= 0.3 is 0 Å². The molecular weight excluding hydrogens is 124 g/mol. The molecule has 5 aliphatic rings. The monoisotopic (exact) mass is 134 g/mol. The van der Waals surface area contributed by atoms with E-state index < -0.39 is 0 Å². The zero-order valence-corrected chi connectivity index (χ0v) is 5.79. The summed E-state index contributed by atoms with van der Waals surface area (Å²) >= 11 is 0. The minimum absolute atomic E-state index is 0.583. The molecule has 6 bridgehead atoms. The first-order chi connectivity index (χ1) is 4.88. The van der Waals surface area contributed by atoms with E-state index in [1.165, 1.54) is 12.8 Å². The Hall–Kier alpha value is -0.330. The van der Waals surface area contributed by atoms with Crippen molar-refractivity contribution in [3.05, 3.63) is 0 Å². The maximum absolute atomic E-state index is 11.4. The Balaban J connectivity index is 1.93. The Morgan fingerprint density at radius 2 is 1.30 bits per heavy atom. The van der Waals surface area contributed by atoms with Gasteiger partial charge in [0, 0.05) is 11.8 Å². The first-order valence-electron chi connectivity index (χ1n) is 4.41. The number of carbonyl (C=O) groups excluding carboxylic acids is 1. The van der Waals surface area contributed by atoms with Crippen LogP contribution < -0.4 is 0 Å². The van der Waals surface area contributed by atoms with Gasteiger partial charge in [0.1, 0.15) is 5.78 Å². The van der Waals surface area contributed by atoms with Crippen LogP contribution in [-0.2, 0) is 4.79 Å². The van der Waals surface area contributed by atoms with Gasteiger partial charge in [0.15, 0.2) is 0 Å². The molecule has 0 aliphatic heterocycles. The van der Waals surface area contributed by atoms with E-state index in [1.54, 1.807) is 0 Å². The molecule has 0 aromatic carbocycles. The molecule has 1 nitrogen and oxygen atoms in total. The molecule has 5 saturated carbocycles. The van der Waals surface area contributed by atoms with Gasteiger partial charge in [0.2, 0.25) is 0 Å². The molecule has 0 radical (unpaired) electrons. The van der Waals surface area contributed by atoms with Crippen LogP contribution in [0, 0.1) is 35.5 Å². The average molecular weight is 134 g/mol. The zero-order chi connectivity index (χ0) is 6.46. The summed E-state index contributed by atoms with van der Waals surface area (Å²) < 4.78 is 0. The maximum atomic E-state index is 11.4. The van der Waals surface area contributed by atoms with Crippen molar-refractivity contribution in [2.24, 2.45) is 35.5 Å². The Morgan fingerprint density at radius 1 is 0.900 bits per heavy atom. The number of carbonyl (C=O) groups is 1. The maximum Gasteiger partial charge on any atom is 0.140 e. The van der Waals surface area contributed by atoms with Gasteiger partial charge in [-0.05, 0) is 36.5 Å². The summed E-state index contributed by atoms with van der Waals surface area (Å²) in [4.78, 5) is 11.4. The molecule has 4 unspecified atom stereocenters. The van der Waals surface area contributed by atoms with Gasteiger partial charge in [0.05, 0.1) is 0 Å². The van der Waals surface area contributed by atoms with Crippen LogP contribution in [0.5, 0.6) is 0 Å². The Bertz CT molecular complexity index is 205. The molecule has 0 N–H and O–H groups in total. The molecule has 0 heterocycles. The van der Waals surface area contributed by atoms with E-state index >= 15 is 0 Å². The highest BCUT2D eigenvalue weighted by atomic mass is 16.1. The van der Waals surface area contributed by atoms with Crippen molar-refractivity contribution in [1.29, 1.82) is 0 Å². The van der Waals surface area contributed by atoms with E-state index in [1.807, 2.05) is 0 Å². The third kappa shape index (κ3) is 0.268. The van der Waals surface area contributed by atoms with Crippen molar-refractivity contribution in [1.82, 2.24) is 0 Å². The summed E-state index contributed by atoms with van der Waals surface area (Å²) in [6, 6.07) is 0. The highest BCUT2D eigenvalue weighted by Crippen LogP contribution is 2.75. The van der Waals surface area contributed by atoms with Crippen LogP contribution in [0.4, 0.5) is 0 Å². The molecule has 0 amide bonds. The molecule has 5 aliphatic carbocycles. The van der Waals surface area contributed by atoms with Gasteiger partial charge in [0.25, 0.3) is 0 Å². The second-order valence-corrected chi connectivity index (χ2v) is 4.58. The third-order valence-corrected chi connectivity index (χ3v) is 4.41. The van der Waals surface area contributed by atoms with Crippen molar-refractivity contribution >= 4 is 5.78 Å². The fraction of sp³-hybridized carbons (Fsp3) is 0.889. The van der Waals surface area contributed by atoms with Crippen LogP contribution in [-0.4, -0.2) is 5.78 Å². The summed E-state index contributed by atoms with van der Waals surface area (Å²) in [6.07, 6.45) is 2.85. The predicted octanol–water partition coefficient (Wildman–Crippen LogP) is 1.09. The minimum atomic E-state index is 0.583. The SMILES string of the molecule is O=C1C2C3CC4C(CC32)C14. The first-order valence-corrected chi connectivity index (χ1v) is 4.41. The predicted molar refractivity (Wildman–Crippen MR) is 35.2 cm³/mol. The Kier molecular flexibility index (Phi) is 0.449. The van der Waals surface area contributed by atoms with Gasteiger partial charge in [-0.25, -0.2) is 0 Å². The number of Topliss-reactive ketones (excluding diaryl/α,β-unsaturated/α-hetero) is 1. The largest absolute Gasteiger partial charge is 0.299 e. The lowest BCUT2D eigenvalue weighted by molar-refractivity contribution is -0.123. The van der Waals surface area contributed by atoms with E-state index in [4.69, 9.17) is 0 Å². The molecule has 10 heavy (non-hydrogen) atoms. The molecular formula is C9H10O. The van der Waals surface area contributed by atoms with Crippen LogP contribution in [0.1, 0.15) is 12.8 Å². The van der Waals surface area contributed by atoms with Crippen LogP contribution in [0.2, 0.25) is 0 Å². The van der Waals surface area contributed by atoms with Crippen molar-refractivity contribution in [2.75, 3.05) is 0 Å². The molecule has 5 fully saturated rings. The normalized spacial score (nSPS) is 73.4. The van der Waals surface area contributed by atoms with E-state index in [9.17, 15) is 4.79 Å². The standard InChI is InChI=1S/C9H10O/c10-9-7-3-1-4-6(8(4)9)2-5(3)7/h3-8H,1-2H2. The Labute approximate surface area is 59.8 Å². The van der Waals surface area contributed by atoms with Crippen LogP contribution in [0.15, 0.2) is 0 Å². The summed E-state index contributed by atoms with van der Waals surface area (Å²) in [5.74, 6) is 5.36. The quantitative estimate of drug-likeness (QED) is 0.484. The van der Waals surface area contributed by atoms with E-state index in [0.717, 1.165) is 23.7 Å². The third-order valence-electron chi connectivity index (χ3n) is 4.41. The molecule has 5 rings (SSSR count). The second kappa shape index (κ2) is 0.992. The minimum Gasteiger partial charge on any atom is -0.299 e. The summed E-state index contributed by atoms with van der Waals surface area (Å²) in [7, 11) is 0. The Morgan fingerprint density at radius 3 is 1.70 bits per heavy atom. The van der Waals surface area contributed by atoms with E-state index in [-0.39, 0.29) is 0 Å². The lowest BCUT2D eigenvalue weighted by Gasteiger charge is -2.03. The molecule has 0 aromatic heterocycles. The zero-order valence-electron chi connectivity index (χ0n) is 5.79. The first kappa shape index (κ1) is 4.53. The lowest BCUT2D eigenvalue weighted by Crippen LogP contribution is -2.13. The van der Waals surface area contributed by atoms with Gasteiger partial charge in [-0.3, -0.25) is 4.79 Å². The van der Waals surface area contributed by atoms with E-state index in [2.05, 4.69) is 0 Å². The lowest BCUT2D eigenvalue weighted by atomic mass is 9.99. The van der Waals surface area contributed by atoms with Crippen molar-refractivity contribution < 1.29 is 4.79 Å². The van der Waals surface area contributed by atoms with Crippen molar-refractivity contribution in [2.45, 2.75) is 12.8 Å². The highest BCUT2D eigenvalue weighted by Gasteiger charge is 2.75. The molecule has 0 saturated heterocycles. The second-order valence-electron chi connectivity index (χ2n) is 4.58. The fourth-order valence-corrected chi connectivity index (χ4v) is 3.87. The summed E-state index contributed by atoms with van der Waals surface area (Å²) in [6.45, 7) is 0. The van der Waals surface area contributed by atoms with Gasteiger partial charge < -0.3 is 0 Å². The highest BCUT2D eigenvalue weighted by molar-refractivity contribution is 5.92. The molecule has 1 heteroatoms. The van der Waals surface area contributed by atoms with Gasteiger partial charge in [-0.15, -0.1) is 0 Å². The number of hydrogen-bond donors (Lipinski definition) is 0. The molecule has 4 atom stereocenters. The fourth-order valence-electron chi connectivity index (χ4n) is 3.87. The molecule has 0 spiro atoms. The number of hydrogen-bond acceptors (Lipinski definition) is 1. The smallest absolute Gasteiger partial charge is 0.140 e. The van der Waals surface area contributed by atoms with Crippen LogP contribution in [0.3, 0.4) is 0 Å². The van der Waals surface area contributed by atoms with Gasteiger partial charge in [-0.2, -0.15) is 0 Å². The van der Waals surface area contributed by atoms with Gasteiger partial charge in [-0.1, -0.05) is 0 Å². The van der Waals surface area contributed by atoms with Crippen LogP contribution in [0.25, 0.3) is 0 Å². The van der Waals surface area contributed by atoms with Crippen molar-refractivity contribution in [3.63, 3.8) is 0 Å². The average Bonchev–Trinajstić information content (AvgIpc) is 2.71. The topological polar surface area (TPSA) is 17.1 Å². The molecule has 52 valence electrons. The summed E-state index contributed by atoms with van der Waals surface area (Å²) in [5, 5.41) is 0. The number of ketones is 1.